The van der Waals surface area contributed by atoms with Crippen LogP contribution in [-0.4, -0.2) is 139 Å². The van der Waals surface area contributed by atoms with Gasteiger partial charge in [0.05, 0.1) is 32.1 Å². The Balaban J connectivity index is 1.04. The number of hydrogen-bond donors (Lipinski definition) is 9. The van der Waals surface area contributed by atoms with Gasteiger partial charge in [-0.25, -0.2) is 42.8 Å². The first-order valence-corrected chi connectivity index (χ1v) is 28.0. The van der Waals surface area contributed by atoms with Crippen molar-refractivity contribution in [2.75, 3.05) is 48.2 Å². The van der Waals surface area contributed by atoms with Gasteiger partial charge in [0.2, 0.25) is 0 Å². The van der Waals surface area contributed by atoms with Gasteiger partial charge in [0.25, 0.3) is 5.56 Å². The van der Waals surface area contributed by atoms with Crippen molar-refractivity contribution in [3.05, 3.63) is 69.8 Å². The number of rotatable bonds is 23. The zero-order valence-corrected chi connectivity index (χ0v) is 40.6. The summed E-state index contributed by atoms with van der Waals surface area (Å²) in [6.45, 7) is -1.90. The molecule has 2 aliphatic rings. The first-order valence-electron chi connectivity index (χ1n) is 19.6. The normalized spacial score (nSPS) is 25.1. The number of thioether (sulfide) groups is 2. The molecule has 5 heterocycles. The minimum absolute atomic E-state index is 0.0809. The van der Waals surface area contributed by atoms with Gasteiger partial charge in [-0.05, 0) is 18.4 Å². The second-order valence-electron chi connectivity index (χ2n) is 14.4. The van der Waals surface area contributed by atoms with Crippen LogP contribution in [0.2, 0.25) is 0 Å². The Kier molecular flexibility index (Phi) is 18.4. The van der Waals surface area contributed by atoms with Gasteiger partial charge in [0.1, 0.15) is 18.3 Å². The fourth-order valence-electron chi connectivity index (χ4n) is 6.32. The lowest BCUT2D eigenvalue weighted by Gasteiger charge is -2.21. The fraction of sp³-hybridized carbons (Fsp3) is 0.500. The number of nitrogens with zero attached hydrogens (tertiary/aromatic N) is 5. The molecule has 0 bridgehead atoms. The van der Waals surface area contributed by atoms with E-state index in [0.717, 1.165) is 27.7 Å². The third-order valence-corrected chi connectivity index (χ3v) is 16.6. The largest absolute Gasteiger partial charge is 0.490 e. The van der Waals surface area contributed by atoms with Crippen LogP contribution in [0.15, 0.2) is 63.7 Å². The lowest BCUT2D eigenvalue weighted by molar-refractivity contribution is -0.129. The highest BCUT2D eigenvalue weighted by Crippen LogP contribution is 2.71. The van der Waals surface area contributed by atoms with Gasteiger partial charge < -0.3 is 49.3 Å². The van der Waals surface area contributed by atoms with E-state index in [2.05, 4.69) is 47.6 Å². The summed E-state index contributed by atoms with van der Waals surface area (Å²) in [6.07, 6.45) is -14.5. The van der Waals surface area contributed by atoms with E-state index in [1.807, 2.05) is 11.2 Å². The Morgan fingerprint density at radius 1 is 0.886 bits per heavy atom. The van der Waals surface area contributed by atoms with E-state index >= 15 is 0 Å². The maximum Gasteiger partial charge on any atom is 0.490 e. The van der Waals surface area contributed by atoms with Gasteiger partial charge in [-0.2, -0.15) is 37.9 Å². The van der Waals surface area contributed by atoms with E-state index in [0.29, 0.717) is 29.7 Å². The number of imidazole rings is 1. The first-order chi connectivity index (χ1) is 32.7. The summed E-state index contributed by atoms with van der Waals surface area (Å²) in [7, 11) is -24.4. The number of aliphatic hydroxyl groups is 2. The number of fused-ring (bicyclic) bond motifs is 1. The molecular weight excluding hydrogens is 1080 g/mol. The molecule has 6 rings (SSSR count). The zero-order chi connectivity index (χ0) is 51.2. The van der Waals surface area contributed by atoms with Crippen molar-refractivity contribution >= 4 is 83.6 Å². The first kappa shape index (κ1) is 55.7. The van der Waals surface area contributed by atoms with Gasteiger partial charge in [-0.3, -0.25) is 33.3 Å². The third-order valence-electron chi connectivity index (χ3n) is 9.22. The molecule has 29 nitrogen and oxygen atoms in total. The molecule has 11 atom stereocenters. The van der Waals surface area contributed by atoms with Gasteiger partial charge >= 0.3 is 49.3 Å². The van der Waals surface area contributed by atoms with Crippen LogP contribution in [0.25, 0.3) is 11.2 Å². The highest BCUT2D eigenvalue weighted by atomic mass is 32.2. The molecule has 9 N–H and O–H groups in total. The molecule has 2 saturated heterocycles. The molecule has 38 heteroatoms. The molecule has 1 aromatic carbocycles. The van der Waals surface area contributed by atoms with E-state index in [1.165, 1.54) is 23.9 Å². The molecule has 2 aliphatic heterocycles. The number of phosphoric ester groups is 2. The quantitative estimate of drug-likeness (QED) is 0.0223. The molecule has 2 fully saturated rings. The maximum atomic E-state index is 12.9. The van der Waals surface area contributed by atoms with Crippen molar-refractivity contribution in [3.63, 3.8) is 0 Å². The number of ether oxygens (including phenoxy) is 3. The Morgan fingerprint density at radius 2 is 1.54 bits per heavy atom. The fourth-order valence-corrected chi connectivity index (χ4v) is 12.4. The highest BCUT2D eigenvalue weighted by molar-refractivity contribution is 7.99. The number of halogens is 3. The van der Waals surface area contributed by atoms with Gasteiger partial charge in [0, 0.05) is 42.4 Å². The minimum Gasteiger partial charge on any atom is -0.441 e. The van der Waals surface area contributed by atoms with E-state index < -0.39 is 123 Å². The number of nitrogens with one attached hydrogen (secondary N) is 3. The molecule has 4 unspecified atom stereocenters. The number of aliphatic hydroxyl groups excluding tert-OH is 2. The molecule has 0 aliphatic carbocycles. The number of H-pyrrole nitrogens is 1. The summed E-state index contributed by atoms with van der Waals surface area (Å²) in [5, 5.41) is 26.9. The van der Waals surface area contributed by atoms with Crippen molar-refractivity contribution in [2.24, 2.45) is 0 Å². The Labute approximate surface area is 398 Å². The standard InChI is InChI=1S/C32H41F3N8O21P4S2/c1-69-12-9-36-25-22-26(41-29(40-25)70-11-8-32(33,34)35)43(16-37-22)28-24(46)23(45)20(60-28)15-58-66(51,52)63-68(55,56)64-67(53,54)62-65(49,50)57-14-18-13-19(61-31(48)38-17-5-3-2-4-6-17)27(59-18)42-10-7-21(44)39-30(42)47/h2-7,10,16,18-20,23-24,27-28,45-46H,8-9,11-15H2,1H3,(H,38,48)(H,49,50)(H,51,52)(H,53,54)(H,55,56)(H,36,40,41)(H,39,44,47)/t18-,19+,20+,23+,24+,27+,28+/m0/s1. The summed E-state index contributed by atoms with van der Waals surface area (Å²) in [5.74, 6) is 0.256. The number of phosphoric acid groups is 4. The van der Waals surface area contributed by atoms with Crippen molar-refractivity contribution < 1.29 is 102 Å². The lowest BCUT2D eigenvalue weighted by atomic mass is 10.1. The van der Waals surface area contributed by atoms with Crippen LogP contribution in [0, 0.1) is 0 Å². The van der Waals surface area contributed by atoms with Crippen LogP contribution in [0.4, 0.5) is 29.5 Å². The topological polar surface area (TPSA) is 403 Å². The van der Waals surface area contributed by atoms with Crippen molar-refractivity contribution in [3.8, 4) is 0 Å². The molecule has 0 spiro atoms. The SMILES string of the molecule is CSCCNc1nc(SCCC(F)(F)F)nc2c1ncn2[C@@H]1O[C@H](COP(=O)(O)OP(=O)(O)OP(=O)(O)OP(=O)(O)OC[C@@H]2C[C@@H](OC(=O)Nc3ccccc3)[C@H](n3ccc(=O)[nH]c3=O)O2)[C@@H](O)[C@H]1O. The lowest BCUT2D eigenvalue weighted by Crippen LogP contribution is -2.37. The van der Waals surface area contributed by atoms with Crippen LogP contribution >= 0.6 is 54.8 Å². The second-order valence-corrected chi connectivity index (χ2v) is 22.7. The monoisotopic (exact) mass is 1120 g/mol. The number of carbonyl (C=O) groups excluding carboxylic acids is 1. The summed E-state index contributed by atoms with van der Waals surface area (Å²) < 4.78 is 129. The molecule has 0 saturated carbocycles. The number of carbonyl (C=O) groups is 1. The molecule has 4 aromatic rings. The van der Waals surface area contributed by atoms with Gasteiger partial charge in [-0.15, -0.1) is 0 Å². The predicted octanol–water partition coefficient (Wildman–Crippen LogP) is 3.20. The summed E-state index contributed by atoms with van der Waals surface area (Å²) in [5.41, 5.74) is -1.50. The summed E-state index contributed by atoms with van der Waals surface area (Å²) in [6, 6.07) is 8.86. The molecule has 1 amide bonds. The maximum absolute atomic E-state index is 12.9. The number of para-hydroxylation sites is 1. The number of aromatic nitrogens is 6. The number of amides is 1. The average Bonchev–Trinajstić information content (AvgIpc) is 3.92. The predicted molar refractivity (Wildman–Crippen MR) is 234 cm³/mol. The molecular formula is C32H41F3N8O21P4S2. The van der Waals surface area contributed by atoms with Crippen molar-refractivity contribution in [2.45, 2.75) is 67.2 Å². The van der Waals surface area contributed by atoms with Crippen LogP contribution in [0.1, 0.15) is 25.3 Å². The van der Waals surface area contributed by atoms with Crippen LogP contribution in [0.5, 0.6) is 0 Å². The Hall–Kier alpha value is -3.59. The summed E-state index contributed by atoms with van der Waals surface area (Å²) in [4.78, 5) is 92.0. The molecule has 0 radical (unpaired) electrons. The molecule has 70 heavy (non-hydrogen) atoms. The minimum atomic E-state index is -6.32. The number of benzene rings is 1. The van der Waals surface area contributed by atoms with Crippen LogP contribution in [-0.2, 0) is 54.5 Å². The zero-order valence-electron chi connectivity index (χ0n) is 35.4. The Bertz CT molecular complexity index is 2800. The van der Waals surface area contributed by atoms with Crippen LogP contribution in [0.3, 0.4) is 0 Å². The van der Waals surface area contributed by atoms with Crippen molar-refractivity contribution in [1.82, 2.24) is 29.1 Å². The van der Waals surface area contributed by atoms with Crippen molar-refractivity contribution in [1.29, 1.82) is 0 Å². The second kappa shape index (κ2) is 23.1. The van der Waals surface area contributed by atoms with E-state index in [9.17, 15) is 75.6 Å². The average molecular weight is 1120 g/mol. The number of hydrogen-bond acceptors (Lipinski definition) is 23. The number of anilines is 2. The van der Waals surface area contributed by atoms with Gasteiger partial charge in [-0.1, -0.05) is 30.0 Å². The highest BCUT2D eigenvalue weighted by Gasteiger charge is 2.49. The molecule has 3 aromatic heterocycles. The number of alkyl halides is 3. The Morgan fingerprint density at radius 3 is 2.19 bits per heavy atom. The summed E-state index contributed by atoms with van der Waals surface area (Å²) >= 11 is 2.14. The smallest absolute Gasteiger partial charge is 0.441 e. The molecule has 388 valence electrons. The van der Waals surface area contributed by atoms with E-state index in [1.54, 1.807) is 18.2 Å². The van der Waals surface area contributed by atoms with Crippen LogP contribution < -0.4 is 21.9 Å². The van der Waals surface area contributed by atoms with Gasteiger partial charge in [0.15, 0.2) is 40.7 Å². The van der Waals surface area contributed by atoms with E-state index in [-0.39, 0.29) is 28.6 Å². The van der Waals surface area contributed by atoms with E-state index in [4.69, 9.17) is 14.2 Å². The number of aromatic amines is 1. The third kappa shape index (κ3) is 15.7.